The Bertz CT molecular complexity index is 299. The molecule has 0 radical (unpaired) electrons. The summed E-state index contributed by atoms with van der Waals surface area (Å²) in [5, 5.41) is 3.11. The molecule has 0 aromatic heterocycles. The molecule has 0 aromatic carbocycles. The summed E-state index contributed by atoms with van der Waals surface area (Å²) in [6.45, 7) is 0.484. The molecule has 1 amide bonds. The van der Waals surface area contributed by atoms with Gasteiger partial charge >= 0.3 is 6.36 Å². The molecular weight excluding hydrogens is 263 g/mol. The number of nitrogens with two attached hydrogens (primary N) is 1. The lowest BCUT2D eigenvalue weighted by Crippen LogP contribution is -2.40. The van der Waals surface area contributed by atoms with Crippen molar-refractivity contribution in [2.45, 2.75) is 37.7 Å². The average Bonchev–Trinajstić information content (AvgIpc) is 2.73. The van der Waals surface area contributed by atoms with E-state index in [1.54, 1.807) is 11.9 Å². The van der Waals surface area contributed by atoms with E-state index in [0.29, 0.717) is 6.54 Å². The monoisotopic (exact) mass is 283 g/mol. The molecule has 0 bridgehead atoms. The third-order valence-corrected chi connectivity index (χ3v) is 3.18. The number of primary amides is 1. The quantitative estimate of drug-likeness (QED) is 0.712. The van der Waals surface area contributed by atoms with Crippen LogP contribution in [0.1, 0.15) is 19.3 Å². The van der Waals surface area contributed by atoms with Crippen molar-refractivity contribution in [3.05, 3.63) is 0 Å². The van der Waals surface area contributed by atoms with E-state index < -0.39 is 6.36 Å². The van der Waals surface area contributed by atoms with Gasteiger partial charge < -0.3 is 16.0 Å². The van der Waals surface area contributed by atoms with Crippen LogP contribution in [0.5, 0.6) is 0 Å². The van der Waals surface area contributed by atoms with Gasteiger partial charge in [0.2, 0.25) is 5.91 Å². The van der Waals surface area contributed by atoms with Gasteiger partial charge in [-0.25, -0.2) is 0 Å². The van der Waals surface area contributed by atoms with Gasteiger partial charge in [0.25, 0.3) is 0 Å². The number of nitrogens with zero attached hydrogens (tertiary/aromatic N) is 1. The molecule has 2 atom stereocenters. The highest BCUT2D eigenvalue weighted by atomic mass is 19.4. The number of carbonyl (C=O) groups is 1. The van der Waals surface area contributed by atoms with E-state index in [4.69, 9.17) is 5.73 Å². The van der Waals surface area contributed by atoms with Crippen molar-refractivity contribution in [1.29, 1.82) is 0 Å². The zero-order valence-corrected chi connectivity index (χ0v) is 10.9. The Morgan fingerprint density at radius 2 is 2.11 bits per heavy atom. The molecule has 3 N–H and O–H groups in total. The summed E-state index contributed by atoms with van der Waals surface area (Å²) in [6, 6.07) is -0.0765. The molecule has 1 saturated heterocycles. The number of nitrogens with one attached hydrogen (secondary N) is 1. The van der Waals surface area contributed by atoms with Crippen LogP contribution in [0.3, 0.4) is 0 Å². The fraction of sp³-hybridized carbons (Fsp3) is 0.909. The SMILES string of the molecule is CN(CCOC(F)(F)F)CCC1CCC(C(N)=O)N1. The third kappa shape index (κ3) is 6.74. The normalized spacial score (nSPS) is 24.1. The predicted octanol–water partition coefficient (Wildman–Crippen LogP) is 0.451. The van der Waals surface area contributed by atoms with E-state index >= 15 is 0 Å². The van der Waals surface area contributed by atoms with Crippen LogP contribution in [0.15, 0.2) is 0 Å². The molecule has 2 unspecified atom stereocenters. The van der Waals surface area contributed by atoms with Gasteiger partial charge in [0.1, 0.15) is 0 Å². The number of carbonyl (C=O) groups excluding carboxylic acids is 1. The highest BCUT2D eigenvalue weighted by molar-refractivity contribution is 5.80. The van der Waals surface area contributed by atoms with Crippen LogP contribution in [0, 0.1) is 0 Å². The molecule has 0 aliphatic carbocycles. The number of hydrogen-bond donors (Lipinski definition) is 2. The van der Waals surface area contributed by atoms with Crippen LogP contribution < -0.4 is 11.1 Å². The lowest BCUT2D eigenvalue weighted by atomic mass is 10.1. The summed E-state index contributed by atoms with van der Waals surface area (Å²) in [4.78, 5) is 12.7. The first-order valence-electron chi connectivity index (χ1n) is 6.22. The second kappa shape index (κ2) is 7.06. The number of halogens is 3. The number of hydrogen-bond acceptors (Lipinski definition) is 4. The second-order valence-electron chi connectivity index (χ2n) is 4.78. The molecule has 0 saturated carbocycles. The number of amides is 1. The molecule has 1 aliphatic heterocycles. The van der Waals surface area contributed by atoms with Crippen molar-refractivity contribution in [3.63, 3.8) is 0 Å². The molecule has 1 aliphatic rings. The average molecular weight is 283 g/mol. The first-order valence-corrected chi connectivity index (χ1v) is 6.22. The first kappa shape index (κ1) is 16.2. The lowest BCUT2D eigenvalue weighted by molar-refractivity contribution is -0.324. The molecule has 0 spiro atoms. The number of alkyl halides is 3. The molecule has 8 heteroatoms. The molecule has 1 heterocycles. The Kier molecular flexibility index (Phi) is 6.02. The number of ether oxygens (including phenoxy) is 1. The highest BCUT2D eigenvalue weighted by Crippen LogP contribution is 2.16. The van der Waals surface area contributed by atoms with Crippen LogP contribution in [-0.4, -0.2) is 56.0 Å². The Morgan fingerprint density at radius 1 is 1.42 bits per heavy atom. The maximum absolute atomic E-state index is 11.8. The standard InChI is InChI=1S/C11H20F3N3O2/c1-17(6-7-19-11(12,13)14)5-4-8-2-3-9(16-8)10(15)18/h8-9,16H,2-7H2,1H3,(H2,15,18). The smallest absolute Gasteiger partial charge is 0.368 e. The van der Waals surface area contributed by atoms with Gasteiger partial charge in [-0.3, -0.25) is 9.53 Å². The van der Waals surface area contributed by atoms with Gasteiger partial charge in [-0.1, -0.05) is 0 Å². The minimum atomic E-state index is -4.57. The summed E-state index contributed by atoms with van der Waals surface area (Å²) in [5.74, 6) is -0.352. The largest absolute Gasteiger partial charge is 0.522 e. The van der Waals surface area contributed by atoms with E-state index in [2.05, 4.69) is 10.1 Å². The lowest BCUT2D eigenvalue weighted by Gasteiger charge is -2.19. The summed E-state index contributed by atoms with van der Waals surface area (Å²) in [6.07, 6.45) is -2.21. The van der Waals surface area contributed by atoms with Crippen LogP contribution >= 0.6 is 0 Å². The van der Waals surface area contributed by atoms with Crippen molar-refractivity contribution in [3.8, 4) is 0 Å². The maximum atomic E-state index is 11.8. The Balaban J connectivity index is 2.11. The van der Waals surface area contributed by atoms with Crippen LogP contribution in [0.2, 0.25) is 0 Å². The molecular formula is C11H20F3N3O2. The molecule has 19 heavy (non-hydrogen) atoms. The fourth-order valence-corrected chi connectivity index (χ4v) is 2.08. The van der Waals surface area contributed by atoms with Gasteiger partial charge in [0.05, 0.1) is 12.6 Å². The summed E-state index contributed by atoms with van der Waals surface area (Å²) in [5.41, 5.74) is 5.19. The Hall–Kier alpha value is -0.860. The van der Waals surface area contributed by atoms with E-state index in [1.807, 2.05) is 0 Å². The van der Waals surface area contributed by atoms with E-state index in [9.17, 15) is 18.0 Å². The topological polar surface area (TPSA) is 67.6 Å². The maximum Gasteiger partial charge on any atom is 0.522 e. The summed E-state index contributed by atoms with van der Waals surface area (Å²) < 4.78 is 39.0. The van der Waals surface area contributed by atoms with Crippen LogP contribution in [0.25, 0.3) is 0 Å². The van der Waals surface area contributed by atoms with Crippen molar-refractivity contribution < 1.29 is 22.7 Å². The minimum absolute atomic E-state index is 0.198. The fourth-order valence-electron chi connectivity index (χ4n) is 2.08. The predicted molar refractivity (Wildman–Crippen MR) is 63.3 cm³/mol. The van der Waals surface area contributed by atoms with Crippen molar-refractivity contribution in [2.75, 3.05) is 26.7 Å². The molecule has 1 rings (SSSR count). The van der Waals surface area contributed by atoms with E-state index in [-0.39, 0.29) is 31.1 Å². The van der Waals surface area contributed by atoms with E-state index in [1.165, 1.54) is 0 Å². The second-order valence-corrected chi connectivity index (χ2v) is 4.78. The van der Waals surface area contributed by atoms with Gasteiger partial charge in [0, 0.05) is 12.6 Å². The third-order valence-electron chi connectivity index (χ3n) is 3.18. The zero-order valence-electron chi connectivity index (χ0n) is 10.9. The van der Waals surface area contributed by atoms with Crippen LogP contribution in [-0.2, 0) is 9.53 Å². The van der Waals surface area contributed by atoms with E-state index in [0.717, 1.165) is 19.3 Å². The molecule has 0 aromatic rings. The zero-order chi connectivity index (χ0) is 14.5. The number of rotatable bonds is 7. The van der Waals surface area contributed by atoms with Crippen molar-refractivity contribution in [1.82, 2.24) is 10.2 Å². The summed E-state index contributed by atoms with van der Waals surface area (Å²) >= 11 is 0. The molecule has 112 valence electrons. The number of likely N-dealkylation sites (N-methyl/N-ethyl adjacent to an activating group) is 1. The van der Waals surface area contributed by atoms with Gasteiger partial charge in [-0.15, -0.1) is 13.2 Å². The van der Waals surface area contributed by atoms with Crippen LogP contribution in [0.4, 0.5) is 13.2 Å². The molecule has 1 fully saturated rings. The Morgan fingerprint density at radius 3 is 2.63 bits per heavy atom. The van der Waals surface area contributed by atoms with Crippen molar-refractivity contribution in [2.24, 2.45) is 5.73 Å². The first-order chi connectivity index (χ1) is 8.78. The summed E-state index contributed by atoms with van der Waals surface area (Å²) in [7, 11) is 1.74. The van der Waals surface area contributed by atoms with Crippen molar-refractivity contribution >= 4 is 5.91 Å². The van der Waals surface area contributed by atoms with Gasteiger partial charge in [-0.05, 0) is 32.9 Å². The van der Waals surface area contributed by atoms with Gasteiger partial charge in [0.15, 0.2) is 0 Å². The van der Waals surface area contributed by atoms with Gasteiger partial charge in [-0.2, -0.15) is 0 Å². The minimum Gasteiger partial charge on any atom is -0.368 e. The highest BCUT2D eigenvalue weighted by Gasteiger charge is 2.29. The molecule has 5 nitrogen and oxygen atoms in total. The Labute approximate surface area is 110 Å².